The summed E-state index contributed by atoms with van der Waals surface area (Å²) >= 11 is 0. The highest BCUT2D eigenvalue weighted by Crippen LogP contribution is 2.17. The van der Waals surface area contributed by atoms with E-state index in [1.54, 1.807) is 18.2 Å². The number of aromatic nitrogens is 1. The summed E-state index contributed by atoms with van der Waals surface area (Å²) in [6, 6.07) is 4.99. The first-order chi connectivity index (χ1) is 7.74. The molecule has 84 valence electrons. The van der Waals surface area contributed by atoms with E-state index in [1.807, 2.05) is 0 Å². The molecule has 2 aromatic rings. The Balaban J connectivity index is 2.41. The Labute approximate surface area is 92.2 Å². The maximum atomic E-state index is 11.3. The summed E-state index contributed by atoms with van der Waals surface area (Å²) in [6.07, 6.45) is 0.586. The molecule has 0 radical (unpaired) electrons. The molecule has 0 amide bonds. The molecular formula is C11H12N2O3. The predicted octanol–water partition coefficient (Wildman–Crippen LogP) is 1.12. The van der Waals surface area contributed by atoms with Gasteiger partial charge in [-0.05, 0) is 18.2 Å². The quantitative estimate of drug-likeness (QED) is 0.784. The first-order valence-electron chi connectivity index (χ1n) is 4.92. The van der Waals surface area contributed by atoms with Crippen LogP contribution in [-0.2, 0) is 11.2 Å². The number of carbonyl (C=O) groups excluding carboxylic acids is 1. The van der Waals surface area contributed by atoms with Crippen LogP contribution in [0.3, 0.4) is 0 Å². The van der Waals surface area contributed by atoms with Gasteiger partial charge in [0.25, 0.3) is 0 Å². The summed E-state index contributed by atoms with van der Waals surface area (Å²) in [5.41, 5.74) is 7.16. The third kappa shape index (κ3) is 1.90. The molecular weight excluding hydrogens is 208 g/mol. The van der Waals surface area contributed by atoms with Crippen LogP contribution in [0, 0.1) is 0 Å². The van der Waals surface area contributed by atoms with Gasteiger partial charge < -0.3 is 14.9 Å². The molecule has 5 nitrogen and oxygen atoms in total. The summed E-state index contributed by atoms with van der Waals surface area (Å²) < 4.78 is 10.1. The van der Waals surface area contributed by atoms with E-state index in [2.05, 4.69) is 9.72 Å². The number of hydrogen-bond acceptors (Lipinski definition) is 5. The van der Waals surface area contributed by atoms with E-state index < -0.39 is 0 Å². The van der Waals surface area contributed by atoms with E-state index in [0.29, 0.717) is 35.5 Å². The Bertz CT molecular complexity index is 519. The molecule has 0 atom stereocenters. The van der Waals surface area contributed by atoms with Crippen LogP contribution in [-0.4, -0.2) is 24.6 Å². The molecule has 16 heavy (non-hydrogen) atoms. The van der Waals surface area contributed by atoms with E-state index in [1.165, 1.54) is 7.11 Å². The molecule has 0 unspecified atom stereocenters. The maximum Gasteiger partial charge on any atom is 0.337 e. The van der Waals surface area contributed by atoms with Crippen LogP contribution in [0.5, 0.6) is 0 Å². The summed E-state index contributed by atoms with van der Waals surface area (Å²) in [4.78, 5) is 15.5. The second-order valence-electron chi connectivity index (χ2n) is 3.32. The number of hydrogen-bond donors (Lipinski definition) is 1. The fourth-order valence-electron chi connectivity index (χ4n) is 1.45. The molecule has 2 rings (SSSR count). The average Bonchev–Trinajstić information content (AvgIpc) is 2.69. The van der Waals surface area contributed by atoms with Crippen molar-refractivity contribution < 1.29 is 13.9 Å². The smallest absolute Gasteiger partial charge is 0.337 e. The normalized spacial score (nSPS) is 10.6. The van der Waals surface area contributed by atoms with Crippen LogP contribution in [0.25, 0.3) is 11.1 Å². The van der Waals surface area contributed by atoms with Gasteiger partial charge in [-0.2, -0.15) is 0 Å². The lowest BCUT2D eigenvalue weighted by Crippen LogP contribution is -2.02. The molecule has 0 bridgehead atoms. The number of rotatable bonds is 3. The minimum absolute atomic E-state index is 0.384. The second kappa shape index (κ2) is 4.32. The number of oxazole rings is 1. The van der Waals surface area contributed by atoms with E-state index in [4.69, 9.17) is 10.2 Å². The van der Waals surface area contributed by atoms with Crippen molar-refractivity contribution in [3.63, 3.8) is 0 Å². The van der Waals surface area contributed by atoms with Crippen molar-refractivity contribution in [3.05, 3.63) is 29.7 Å². The van der Waals surface area contributed by atoms with E-state index in [0.717, 1.165) is 0 Å². The zero-order valence-electron chi connectivity index (χ0n) is 8.90. The molecule has 5 heteroatoms. The van der Waals surface area contributed by atoms with Gasteiger partial charge in [-0.15, -0.1) is 0 Å². The fraction of sp³-hybridized carbons (Fsp3) is 0.273. The van der Waals surface area contributed by atoms with Crippen molar-refractivity contribution in [3.8, 4) is 0 Å². The molecule has 0 aliphatic carbocycles. The number of nitrogens with two attached hydrogens (primary N) is 1. The first-order valence-corrected chi connectivity index (χ1v) is 4.92. The lowest BCUT2D eigenvalue weighted by atomic mass is 10.2. The number of methoxy groups -OCH3 is 1. The van der Waals surface area contributed by atoms with Crippen molar-refractivity contribution >= 4 is 17.1 Å². The molecule has 0 aliphatic heterocycles. The third-order valence-corrected chi connectivity index (χ3v) is 2.21. The number of fused-ring (bicyclic) bond motifs is 1. The highest BCUT2D eigenvalue weighted by molar-refractivity contribution is 5.93. The van der Waals surface area contributed by atoms with Crippen molar-refractivity contribution in [2.24, 2.45) is 5.73 Å². The predicted molar refractivity (Wildman–Crippen MR) is 58.1 cm³/mol. The Morgan fingerprint density at radius 3 is 3.06 bits per heavy atom. The monoisotopic (exact) mass is 220 g/mol. The van der Waals surface area contributed by atoms with E-state index in [9.17, 15) is 4.79 Å². The number of carbonyl (C=O) groups is 1. The van der Waals surface area contributed by atoms with Crippen LogP contribution >= 0.6 is 0 Å². The van der Waals surface area contributed by atoms with Gasteiger partial charge in [0.2, 0.25) is 0 Å². The summed E-state index contributed by atoms with van der Waals surface area (Å²) in [5.74, 6) is 0.199. The summed E-state index contributed by atoms with van der Waals surface area (Å²) in [5, 5.41) is 0. The first kappa shape index (κ1) is 10.6. The van der Waals surface area contributed by atoms with Gasteiger partial charge in [0.05, 0.1) is 12.7 Å². The minimum atomic E-state index is -0.384. The molecule has 0 saturated heterocycles. The van der Waals surface area contributed by atoms with E-state index in [-0.39, 0.29) is 5.97 Å². The Morgan fingerprint density at radius 1 is 1.56 bits per heavy atom. The second-order valence-corrected chi connectivity index (χ2v) is 3.32. The topological polar surface area (TPSA) is 78.3 Å². The maximum absolute atomic E-state index is 11.3. The van der Waals surface area contributed by atoms with Gasteiger partial charge >= 0.3 is 5.97 Å². The van der Waals surface area contributed by atoms with Crippen LogP contribution in [0.15, 0.2) is 22.6 Å². The SMILES string of the molecule is COC(=O)c1ccc2oc(CCN)nc2c1. The molecule has 2 N–H and O–H groups in total. The van der Waals surface area contributed by atoms with Crippen LogP contribution in [0.2, 0.25) is 0 Å². The summed E-state index contributed by atoms with van der Waals surface area (Å²) in [7, 11) is 1.34. The standard InChI is InChI=1S/C11H12N2O3/c1-15-11(14)7-2-3-9-8(6-7)13-10(16-9)4-5-12/h2-3,6H,4-5,12H2,1H3. The molecule has 0 fully saturated rings. The van der Waals surface area contributed by atoms with Gasteiger partial charge in [-0.25, -0.2) is 9.78 Å². The number of ether oxygens (including phenoxy) is 1. The highest BCUT2D eigenvalue weighted by atomic mass is 16.5. The van der Waals surface area contributed by atoms with Crippen LogP contribution in [0.4, 0.5) is 0 Å². The zero-order valence-corrected chi connectivity index (χ0v) is 8.90. The number of esters is 1. The fourth-order valence-corrected chi connectivity index (χ4v) is 1.45. The number of benzene rings is 1. The van der Waals surface area contributed by atoms with Crippen molar-refractivity contribution in [1.29, 1.82) is 0 Å². The molecule has 0 saturated carbocycles. The van der Waals surface area contributed by atoms with Crippen molar-refractivity contribution in [2.75, 3.05) is 13.7 Å². The Kier molecular flexibility index (Phi) is 2.87. The Morgan fingerprint density at radius 2 is 2.38 bits per heavy atom. The molecule has 1 heterocycles. The molecule has 1 aromatic carbocycles. The molecule has 0 aliphatic rings. The van der Waals surface area contributed by atoms with Gasteiger partial charge in [0.1, 0.15) is 5.52 Å². The van der Waals surface area contributed by atoms with Crippen molar-refractivity contribution in [2.45, 2.75) is 6.42 Å². The largest absolute Gasteiger partial charge is 0.465 e. The zero-order chi connectivity index (χ0) is 11.5. The van der Waals surface area contributed by atoms with Crippen LogP contribution in [0.1, 0.15) is 16.2 Å². The van der Waals surface area contributed by atoms with Crippen molar-refractivity contribution in [1.82, 2.24) is 4.98 Å². The van der Waals surface area contributed by atoms with E-state index >= 15 is 0 Å². The molecule has 1 aromatic heterocycles. The lowest BCUT2D eigenvalue weighted by molar-refractivity contribution is 0.0601. The third-order valence-electron chi connectivity index (χ3n) is 2.21. The molecule has 0 spiro atoms. The highest BCUT2D eigenvalue weighted by Gasteiger charge is 2.10. The van der Waals surface area contributed by atoms with Gasteiger partial charge in [-0.1, -0.05) is 0 Å². The summed E-state index contributed by atoms with van der Waals surface area (Å²) in [6.45, 7) is 0.483. The van der Waals surface area contributed by atoms with Crippen LogP contribution < -0.4 is 5.73 Å². The van der Waals surface area contributed by atoms with Gasteiger partial charge in [0.15, 0.2) is 11.5 Å². The number of nitrogens with zero attached hydrogens (tertiary/aromatic N) is 1. The Hall–Kier alpha value is -1.88. The minimum Gasteiger partial charge on any atom is -0.465 e. The lowest BCUT2D eigenvalue weighted by Gasteiger charge is -1.96. The average molecular weight is 220 g/mol. The van der Waals surface area contributed by atoms with Gasteiger partial charge in [0, 0.05) is 13.0 Å². The van der Waals surface area contributed by atoms with Gasteiger partial charge in [-0.3, -0.25) is 0 Å².